The zero-order valence-electron chi connectivity index (χ0n) is 23.5. The molecule has 7 heteroatoms. The molecular weight excluding hydrogens is 543 g/mol. The van der Waals surface area contributed by atoms with Crippen molar-refractivity contribution < 1.29 is 14.3 Å². The summed E-state index contributed by atoms with van der Waals surface area (Å²) in [5, 5.41) is 4.10. The van der Waals surface area contributed by atoms with Crippen molar-refractivity contribution in [3.63, 3.8) is 0 Å². The van der Waals surface area contributed by atoms with Crippen LogP contribution in [0.4, 0.5) is 0 Å². The van der Waals surface area contributed by atoms with Crippen molar-refractivity contribution in [2.45, 2.75) is 77.9 Å². The van der Waals surface area contributed by atoms with E-state index in [9.17, 15) is 9.59 Å². The van der Waals surface area contributed by atoms with Crippen LogP contribution in [0.2, 0.25) is 10.0 Å². The molecule has 3 aromatic rings. The molecule has 0 aliphatic heterocycles. The first-order valence-electron chi connectivity index (χ1n) is 14.0. The first-order chi connectivity index (χ1) is 19.2. The molecule has 1 fully saturated rings. The first-order valence-corrected chi connectivity index (χ1v) is 14.7. The van der Waals surface area contributed by atoms with E-state index in [0.29, 0.717) is 22.2 Å². The average Bonchev–Trinajstić information content (AvgIpc) is 2.94. The minimum atomic E-state index is -0.727. The molecule has 1 atom stereocenters. The van der Waals surface area contributed by atoms with Gasteiger partial charge < -0.3 is 15.0 Å². The molecule has 40 heavy (non-hydrogen) atoms. The van der Waals surface area contributed by atoms with Crippen LogP contribution in [0.3, 0.4) is 0 Å². The molecule has 0 spiro atoms. The summed E-state index contributed by atoms with van der Waals surface area (Å²) in [5.74, 6) is 0.253. The van der Waals surface area contributed by atoms with Crippen LogP contribution in [0.1, 0.15) is 59.9 Å². The van der Waals surface area contributed by atoms with Crippen LogP contribution in [0.5, 0.6) is 5.75 Å². The number of hydrogen-bond acceptors (Lipinski definition) is 3. The van der Waals surface area contributed by atoms with Crippen LogP contribution in [0, 0.1) is 20.8 Å². The predicted molar refractivity (Wildman–Crippen MR) is 162 cm³/mol. The molecule has 0 unspecified atom stereocenters. The molecule has 212 valence electrons. The van der Waals surface area contributed by atoms with Crippen LogP contribution in [-0.4, -0.2) is 35.4 Å². The maximum absolute atomic E-state index is 13.9. The van der Waals surface area contributed by atoms with Gasteiger partial charge in [0.2, 0.25) is 5.91 Å². The molecule has 0 aromatic heterocycles. The lowest BCUT2D eigenvalue weighted by Gasteiger charge is -2.33. The number of carbonyl (C=O) groups is 2. The number of aryl methyl sites for hydroxylation is 2. The van der Waals surface area contributed by atoms with Crippen LogP contribution < -0.4 is 10.1 Å². The molecule has 1 saturated carbocycles. The van der Waals surface area contributed by atoms with E-state index in [-0.39, 0.29) is 31.0 Å². The van der Waals surface area contributed by atoms with Crippen LogP contribution in [0.25, 0.3) is 0 Å². The van der Waals surface area contributed by atoms with Gasteiger partial charge >= 0.3 is 0 Å². The van der Waals surface area contributed by atoms with Gasteiger partial charge in [0, 0.05) is 19.0 Å². The lowest BCUT2D eigenvalue weighted by atomic mass is 9.94. The average molecular weight is 582 g/mol. The highest BCUT2D eigenvalue weighted by molar-refractivity contribution is 6.42. The Balaban J connectivity index is 1.65. The van der Waals surface area contributed by atoms with Gasteiger partial charge in [-0.2, -0.15) is 0 Å². The number of hydrogen-bond donors (Lipinski definition) is 1. The van der Waals surface area contributed by atoms with Crippen molar-refractivity contribution in [2.24, 2.45) is 0 Å². The van der Waals surface area contributed by atoms with Crippen molar-refractivity contribution in [2.75, 3.05) is 6.61 Å². The third-order valence-electron chi connectivity index (χ3n) is 7.67. The van der Waals surface area contributed by atoms with Crippen LogP contribution in [0.15, 0.2) is 60.7 Å². The number of benzene rings is 3. The highest BCUT2D eigenvalue weighted by Gasteiger charge is 2.32. The Labute approximate surface area is 247 Å². The molecule has 1 aliphatic rings. The fourth-order valence-electron chi connectivity index (χ4n) is 5.31. The van der Waals surface area contributed by atoms with Gasteiger partial charge in [-0.25, -0.2) is 0 Å². The third kappa shape index (κ3) is 8.02. The monoisotopic (exact) mass is 580 g/mol. The van der Waals surface area contributed by atoms with Crippen molar-refractivity contribution in [3.05, 3.63) is 98.5 Å². The quantitative estimate of drug-likeness (QED) is 0.272. The molecule has 3 aromatic carbocycles. The molecule has 1 N–H and O–H groups in total. The van der Waals surface area contributed by atoms with E-state index in [4.69, 9.17) is 27.9 Å². The maximum Gasteiger partial charge on any atom is 0.261 e. The Bertz CT molecular complexity index is 1320. The number of nitrogens with zero attached hydrogens (tertiary/aromatic N) is 1. The lowest BCUT2D eigenvalue weighted by molar-refractivity contribution is -0.143. The number of rotatable bonds is 10. The van der Waals surface area contributed by atoms with Crippen molar-refractivity contribution >= 4 is 35.0 Å². The lowest BCUT2D eigenvalue weighted by Crippen LogP contribution is -2.53. The molecule has 0 bridgehead atoms. The van der Waals surface area contributed by atoms with Crippen LogP contribution >= 0.6 is 23.2 Å². The van der Waals surface area contributed by atoms with Gasteiger partial charge in [-0.15, -0.1) is 0 Å². The highest BCUT2D eigenvalue weighted by atomic mass is 35.5. The van der Waals surface area contributed by atoms with Gasteiger partial charge in [-0.3, -0.25) is 9.59 Å². The third-order valence-corrected chi connectivity index (χ3v) is 8.41. The summed E-state index contributed by atoms with van der Waals surface area (Å²) in [6, 6.07) is 18.5. The summed E-state index contributed by atoms with van der Waals surface area (Å²) in [6.07, 6.45) is 5.69. The molecule has 0 radical (unpaired) electrons. The molecule has 5 nitrogen and oxygen atoms in total. The molecule has 2 amide bonds. The van der Waals surface area contributed by atoms with Gasteiger partial charge in [-0.1, -0.05) is 84.9 Å². The largest absolute Gasteiger partial charge is 0.483 e. The summed E-state index contributed by atoms with van der Waals surface area (Å²) in [7, 11) is 0. The van der Waals surface area contributed by atoms with Gasteiger partial charge in [0.15, 0.2) is 6.61 Å². The summed E-state index contributed by atoms with van der Waals surface area (Å²) < 4.78 is 6.08. The van der Waals surface area contributed by atoms with Gasteiger partial charge in [0.25, 0.3) is 5.91 Å². The maximum atomic E-state index is 13.9. The molecule has 4 rings (SSSR count). The second kappa shape index (κ2) is 14.0. The predicted octanol–water partition coefficient (Wildman–Crippen LogP) is 7.39. The summed E-state index contributed by atoms with van der Waals surface area (Å²) in [5.41, 5.74) is 4.92. The normalized spacial score (nSPS) is 14.4. The topological polar surface area (TPSA) is 58.6 Å². The fraction of sp³-hybridized carbons (Fsp3) is 0.394. The van der Waals surface area contributed by atoms with E-state index in [1.807, 2.05) is 63.2 Å². The Morgan fingerprint density at radius 3 is 2.35 bits per heavy atom. The van der Waals surface area contributed by atoms with E-state index in [1.165, 1.54) is 6.42 Å². The molecule has 0 heterocycles. The van der Waals surface area contributed by atoms with E-state index >= 15 is 0 Å². The number of ether oxygens (including phenoxy) is 1. The molecular formula is C33H38Cl2N2O3. The zero-order valence-corrected chi connectivity index (χ0v) is 25.0. The number of nitrogens with one attached hydrogen (secondary N) is 1. The first kappa shape index (κ1) is 30.0. The fourth-order valence-corrected chi connectivity index (χ4v) is 5.63. The summed E-state index contributed by atoms with van der Waals surface area (Å²) >= 11 is 12.5. The van der Waals surface area contributed by atoms with Gasteiger partial charge in [0.05, 0.1) is 10.0 Å². The number of carbonyl (C=O) groups excluding carboxylic acids is 2. The van der Waals surface area contributed by atoms with E-state index < -0.39 is 6.04 Å². The molecule has 1 aliphatic carbocycles. The Hall–Kier alpha value is -3.02. The van der Waals surface area contributed by atoms with E-state index in [1.54, 1.807) is 17.0 Å². The minimum absolute atomic E-state index is 0.121. The summed E-state index contributed by atoms with van der Waals surface area (Å²) in [4.78, 5) is 29.5. The zero-order chi connectivity index (χ0) is 28.6. The Morgan fingerprint density at radius 1 is 0.925 bits per heavy atom. The van der Waals surface area contributed by atoms with Crippen LogP contribution in [-0.2, 0) is 22.6 Å². The second-order valence-corrected chi connectivity index (χ2v) is 11.6. The van der Waals surface area contributed by atoms with Crippen molar-refractivity contribution in [1.82, 2.24) is 10.2 Å². The van der Waals surface area contributed by atoms with Gasteiger partial charge in [0.1, 0.15) is 11.8 Å². The minimum Gasteiger partial charge on any atom is -0.483 e. The standard InChI is InChI=1S/C33H38Cl2N2O3/c1-22-16-23(2)24(3)31(17-22)40-21-32(38)37(20-26-14-15-28(34)29(35)18-26)30(19-25-10-6-4-7-11-25)33(39)36-27-12-8-5-9-13-27/h4,6-7,10-11,14-18,27,30H,5,8-9,12-13,19-21H2,1-3H3,(H,36,39)/t30-/m1/s1. The number of amides is 2. The SMILES string of the molecule is Cc1cc(C)c(C)c(OCC(=O)N(Cc2ccc(Cl)c(Cl)c2)[C@H](Cc2ccccc2)C(=O)NC2CCCCC2)c1. The number of halogens is 2. The van der Waals surface area contributed by atoms with E-state index in [2.05, 4.69) is 11.4 Å². The van der Waals surface area contributed by atoms with Gasteiger partial charge in [-0.05, 0) is 79.6 Å². The van der Waals surface area contributed by atoms with E-state index in [0.717, 1.165) is 53.5 Å². The highest BCUT2D eigenvalue weighted by Crippen LogP contribution is 2.26. The van der Waals surface area contributed by atoms with Crippen molar-refractivity contribution in [1.29, 1.82) is 0 Å². The Morgan fingerprint density at radius 2 is 1.65 bits per heavy atom. The Kier molecular flexibility index (Phi) is 10.5. The summed E-state index contributed by atoms with van der Waals surface area (Å²) in [6.45, 7) is 6.02. The smallest absolute Gasteiger partial charge is 0.261 e. The molecule has 0 saturated heterocycles. The van der Waals surface area contributed by atoms with Crippen molar-refractivity contribution in [3.8, 4) is 5.75 Å². The second-order valence-electron chi connectivity index (χ2n) is 10.8.